The molecule has 0 spiro atoms. The standard InChI is InChI=1S/C13H18ClN3O2S/c1-2-3-4-5-8-15-13(20)16-12-9-10(17(18)19)6-7-11(12)14/h6-7,9H,2-5,8H2,1H3,(H2,15,16,20). The second-order valence-electron chi connectivity index (χ2n) is 4.36. The maximum Gasteiger partial charge on any atom is 0.271 e. The lowest BCUT2D eigenvalue weighted by atomic mass is 10.2. The molecule has 2 N–H and O–H groups in total. The molecule has 0 atom stereocenters. The van der Waals surface area contributed by atoms with Gasteiger partial charge in [0.2, 0.25) is 0 Å². The Kier molecular flexibility index (Phi) is 7.25. The normalized spacial score (nSPS) is 10.1. The fourth-order valence-electron chi connectivity index (χ4n) is 1.64. The minimum atomic E-state index is -0.470. The number of anilines is 1. The maximum atomic E-state index is 10.7. The summed E-state index contributed by atoms with van der Waals surface area (Å²) in [5, 5.41) is 17.5. The smallest absolute Gasteiger partial charge is 0.271 e. The van der Waals surface area contributed by atoms with Gasteiger partial charge in [-0.15, -0.1) is 0 Å². The molecule has 0 heterocycles. The van der Waals surface area contributed by atoms with E-state index in [4.69, 9.17) is 23.8 Å². The summed E-state index contributed by atoms with van der Waals surface area (Å²) in [6.45, 7) is 2.93. The van der Waals surface area contributed by atoms with Crippen molar-refractivity contribution < 1.29 is 4.92 Å². The summed E-state index contributed by atoms with van der Waals surface area (Å²) in [6, 6.07) is 4.20. The number of benzene rings is 1. The molecule has 0 aromatic heterocycles. The van der Waals surface area contributed by atoms with Gasteiger partial charge in [0.05, 0.1) is 15.6 Å². The first kappa shape index (κ1) is 16.7. The first-order valence-electron chi connectivity index (χ1n) is 6.53. The molecule has 0 saturated carbocycles. The van der Waals surface area contributed by atoms with Crippen LogP contribution in [-0.4, -0.2) is 16.6 Å². The Balaban J connectivity index is 2.49. The molecule has 1 aromatic rings. The maximum absolute atomic E-state index is 10.7. The summed E-state index contributed by atoms with van der Waals surface area (Å²) in [7, 11) is 0. The van der Waals surface area contributed by atoms with E-state index in [2.05, 4.69) is 17.6 Å². The van der Waals surface area contributed by atoms with Gasteiger partial charge in [0.25, 0.3) is 5.69 Å². The SMILES string of the molecule is CCCCCCNC(=S)Nc1cc([N+](=O)[O-])ccc1Cl. The summed E-state index contributed by atoms with van der Waals surface area (Å²) < 4.78 is 0. The number of hydrogen-bond donors (Lipinski definition) is 2. The summed E-state index contributed by atoms with van der Waals surface area (Å²) in [4.78, 5) is 10.2. The molecule has 0 aliphatic heterocycles. The summed E-state index contributed by atoms with van der Waals surface area (Å²) in [5.74, 6) is 0. The Morgan fingerprint density at radius 1 is 1.40 bits per heavy atom. The third-order valence-electron chi connectivity index (χ3n) is 2.72. The van der Waals surface area contributed by atoms with Gasteiger partial charge in [0.15, 0.2) is 5.11 Å². The molecule has 0 bridgehead atoms. The van der Waals surface area contributed by atoms with Gasteiger partial charge in [0, 0.05) is 18.7 Å². The number of nitro benzene ring substituents is 1. The molecule has 0 unspecified atom stereocenters. The van der Waals surface area contributed by atoms with Crippen molar-refractivity contribution in [2.75, 3.05) is 11.9 Å². The lowest BCUT2D eigenvalue weighted by molar-refractivity contribution is -0.384. The Bertz CT molecular complexity index is 483. The minimum absolute atomic E-state index is 0.0253. The van der Waals surface area contributed by atoms with Crippen molar-refractivity contribution in [3.05, 3.63) is 33.3 Å². The first-order chi connectivity index (χ1) is 9.54. The molecular weight excluding hydrogens is 298 g/mol. The van der Waals surface area contributed by atoms with Crippen LogP contribution in [0.5, 0.6) is 0 Å². The van der Waals surface area contributed by atoms with Crippen LogP contribution < -0.4 is 10.6 Å². The van der Waals surface area contributed by atoms with Gasteiger partial charge < -0.3 is 10.6 Å². The lowest BCUT2D eigenvalue weighted by Gasteiger charge is -2.11. The second-order valence-corrected chi connectivity index (χ2v) is 5.18. The highest BCUT2D eigenvalue weighted by atomic mass is 35.5. The third kappa shape index (κ3) is 5.71. The number of unbranched alkanes of at least 4 members (excludes halogenated alkanes) is 3. The molecule has 7 heteroatoms. The van der Waals surface area contributed by atoms with E-state index in [-0.39, 0.29) is 5.69 Å². The average molecular weight is 316 g/mol. The molecule has 1 aromatic carbocycles. The molecule has 1 rings (SSSR count). The van der Waals surface area contributed by atoms with Crippen LogP contribution in [0.2, 0.25) is 5.02 Å². The zero-order chi connectivity index (χ0) is 15.0. The van der Waals surface area contributed by atoms with Gasteiger partial charge in [-0.25, -0.2) is 0 Å². The van der Waals surface area contributed by atoms with Gasteiger partial charge in [-0.1, -0.05) is 37.8 Å². The van der Waals surface area contributed by atoms with Crippen molar-refractivity contribution in [3.8, 4) is 0 Å². The molecule has 5 nitrogen and oxygen atoms in total. The van der Waals surface area contributed by atoms with E-state index in [0.717, 1.165) is 19.4 Å². The van der Waals surface area contributed by atoms with Gasteiger partial charge in [-0.05, 0) is 24.7 Å². The number of rotatable bonds is 7. The number of nitrogens with zero attached hydrogens (tertiary/aromatic N) is 1. The van der Waals surface area contributed by atoms with Crippen LogP contribution in [0.25, 0.3) is 0 Å². The molecule has 0 saturated heterocycles. The fraction of sp³-hybridized carbons (Fsp3) is 0.462. The molecule has 110 valence electrons. The Morgan fingerprint density at radius 2 is 2.15 bits per heavy atom. The second kappa shape index (κ2) is 8.71. The topological polar surface area (TPSA) is 67.2 Å². The van der Waals surface area contributed by atoms with Crippen LogP contribution in [0, 0.1) is 10.1 Å². The Morgan fingerprint density at radius 3 is 2.80 bits per heavy atom. The highest BCUT2D eigenvalue weighted by Crippen LogP contribution is 2.26. The van der Waals surface area contributed by atoms with E-state index in [1.54, 1.807) is 0 Å². The van der Waals surface area contributed by atoms with Gasteiger partial charge in [0.1, 0.15) is 0 Å². The predicted molar refractivity (Wildman–Crippen MR) is 86.5 cm³/mol. The summed E-state index contributed by atoms with van der Waals surface area (Å²) in [5.41, 5.74) is 0.412. The first-order valence-corrected chi connectivity index (χ1v) is 7.32. The molecule has 0 radical (unpaired) electrons. The van der Waals surface area contributed by atoms with Crippen molar-refractivity contribution >= 4 is 40.3 Å². The molecule has 0 aliphatic rings. The van der Waals surface area contributed by atoms with Crippen molar-refractivity contribution in [1.82, 2.24) is 5.32 Å². The number of nitro groups is 1. The molecule has 0 amide bonds. The molecular formula is C13H18ClN3O2S. The average Bonchev–Trinajstić information content (AvgIpc) is 2.40. The Hall–Kier alpha value is -1.40. The molecule has 20 heavy (non-hydrogen) atoms. The molecule has 0 aliphatic carbocycles. The van der Waals surface area contributed by atoms with Crippen LogP contribution in [0.4, 0.5) is 11.4 Å². The summed E-state index contributed by atoms with van der Waals surface area (Å²) >= 11 is 11.1. The van der Waals surface area contributed by atoms with Crippen LogP contribution in [0.1, 0.15) is 32.6 Å². The van der Waals surface area contributed by atoms with Crippen molar-refractivity contribution in [2.45, 2.75) is 32.6 Å². The van der Waals surface area contributed by atoms with Crippen molar-refractivity contribution in [1.29, 1.82) is 0 Å². The minimum Gasteiger partial charge on any atom is -0.362 e. The van der Waals surface area contributed by atoms with Crippen LogP contribution in [-0.2, 0) is 0 Å². The van der Waals surface area contributed by atoms with Crippen LogP contribution in [0.3, 0.4) is 0 Å². The zero-order valence-electron chi connectivity index (χ0n) is 11.3. The number of nitrogens with one attached hydrogen (secondary N) is 2. The van der Waals surface area contributed by atoms with E-state index in [9.17, 15) is 10.1 Å². The number of hydrogen-bond acceptors (Lipinski definition) is 3. The zero-order valence-corrected chi connectivity index (χ0v) is 12.9. The van der Waals surface area contributed by atoms with E-state index in [1.165, 1.54) is 31.0 Å². The van der Waals surface area contributed by atoms with Gasteiger partial charge in [-0.3, -0.25) is 10.1 Å². The Labute approximate surface area is 128 Å². The number of thiocarbonyl (C=S) groups is 1. The largest absolute Gasteiger partial charge is 0.362 e. The predicted octanol–water partition coefficient (Wildman–Crippen LogP) is 4.11. The van der Waals surface area contributed by atoms with Crippen LogP contribution >= 0.6 is 23.8 Å². The highest BCUT2D eigenvalue weighted by Gasteiger charge is 2.10. The van der Waals surface area contributed by atoms with E-state index in [1.807, 2.05) is 0 Å². The number of halogens is 1. The fourth-order valence-corrected chi connectivity index (χ4v) is 2.02. The third-order valence-corrected chi connectivity index (χ3v) is 3.30. The van der Waals surface area contributed by atoms with E-state index < -0.39 is 4.92 Å². The van der Waals surface area contributed by atoms with Gasteiger partial charge in [-0.2, -0.15) is 0 Å². The summed E-state index contributed by atoms with van der Waals surface area (Å²) in [6.07, 6.45) is 4.59. The van der Waals surface area contributed by atoms with E-state index in [0.29, 0.717) is 15.8 Å². The lowest BCUT2D eigenvalue weighted by Crippen LogP contribution is -2.29. The van der Waals surface area contributed by atoms with Crippen molar-refractivity contribution in [2.24, 2.45) is 0 Å². The monoisotopic (exact) mass is 315 g/mol. The molecule has 0 fully saturated rings. The quantitative estimate of drug-likeness (QED) is 0.343. The van der Waals surface area contributed by atoms with Crippen molar-refractivity contribution in [3.63, 3.8) is 0 Å². The van der Waals surface area contributed by atoms with E-state index >= 15 is 0 Å². The highest BCUT2D eigenvalue weighted by molar-refractivity contribution is 7.80. The number of non-ortho nitro benzene ring substituents is 1. The van der Waals surface area contributed by atoms with Gasteiger partial charge >= 0.3 is 0 Å². The van der Waals surface area contributed by atoms with Crippen LogP contribution in [0.15, 0.2) is 18.2 Å².